The van der Waals surface area contributed by atoms with Gasteiger partial charge in [-0.05, 0) is 25.7 Å². The normalized spacial score (nSPS) is 27.4. The number of aryl methyl sites for hydroxylation is 1. The van der Waals surface area contributed by atoms with Gasteiger partial charge in [0.1, 0.15) is 5.78 Å². The number of nitrogens with zero attached hydrogens (tertiary/aromatic N) is 3. The summed E-state index contributed by atoms with van der Waals surface area (Å²) < 4.78 is 11.3. The van der Waals surface area contributed by atoms with Crippen molar-refractivity contribution in [1.29, 1.82) is 0 Å². The number of aromatic nitrogens is 2. The molecule has 2 aliphatic carbocycles. The average molecular weight is 361 g/mol. The molecule has 2 heterocycles. The minimum atomic E-state index is -0.108. The highest BCUT2D eigenvalue weighted by Crippen LogP contribution is 2.33. The molecule has 0 N–H and O–H groups in total. The average Bonchev–Trinajstić information content (AvgIpc) is 3.41. The van der Waals surface area contributed by atoms with Gasteiger partial charge in [0.15, 0.2) is 0 Å². The standard InChI is InChI=1S/C19H27N3O4/c23-16-7-3-6-14(16)15-12-25-11-10-22(15)18(24)9-8-17-20-21-19(26-17)13-4-1-2-5-13/h13-15H,1-12H2/t14-,15+/m1/s1. The van der Waals surface area contributed by atoms with Crippen LogP contribution in [0.5, 0.6) is 0 Å². The second-order valence-electron chi connectivity index (χ2n) is 7.71. The van der Waals surface area contributed by atoms with Crippen LogP contribution < -0.4 is 0 Å². The van der Waals surface area contributed by atoms with Gasteiger partial charge in [-0.2, -0.15) is 0 Å². The summed E-state index contributed by atoms with van der Waals surface area (Å²) in [5.41, 5.74) is 0. The predicted octanol–water partition coefficient (Wildman–Crippen LogP) is 2.26. The lowest BCUT2D eigenvalue weighted by Gasteiger charge is -2.38. The van der Waals surface area contributed by atoms with Gasteiger partial charge in [0.2, 0.25) is 17.7 Å². The zero-order valence-corrected chi connectivity index (χ0v) is 15.2. The van der Waals surface area contributed by atoms with Crippen molar-refractivity contribution >= 4 is 11.7 Å². The van der Waals surface area contributed by atoms with Crippen molar-refractivity contribution in [3.8, 4) is 0 Å². The lowest BCUT2D eigenvalue weighted by atomic mass is 9.95. The van der Waals surface area contributed by atoms with Gasteiger partial charge in [0.25, 0.3) is 0 Å². The number of rotatable bonds is 5. The molecule has 1 aromatic heterocycles. The molecule has 26 heavy (non-hydrogen) atoms. The quantitative estimate of drug-likeness (QED) is 0.800. The monoisotopic (exact) mass is 361 g/mol. The molecule has 3 fully saturated rings. The van der Waals surface area contributed by atoms with E-state index in [2.05, 4.69) is 10.2 Å². The zero-order valence-electron chi connectivity index (χ0n) is 15.2. The molecule has 7 nitrogen and oxygen atoms in total. The van der Waals surface area contributed by atoms with E-state index in [0.29, 0.717) is 50.8 Å². The first-order valence-corrected chi connectivity index (χ1v) is 9.94. The summed E-state index contributed by atoms with van der Waals surface area (Å²) >= 11 is 0. The molecule has 0 spiro atoms. The molecule has 1 saturated heterocycles. The molecule has 1 amide bonds. The lowest BCUT2D eigenvalue weighted by Crippen LogP contribution is -2.53. The van der Waals surface area contributed by atoms with E-state index in [1.54, 1.807) is 0 Å². The molecule has 142 valence electrons. The number of ketones is 1. The van der Waals surface area contributed by atoms with Crippen LogP contribution in [0.2, 0.25) is 0 Å². The molecule has 2 atom stereocenters. The van der Waals surface area contributed by atoms with Crippen molar-refractivity contribution in [2.24, 2.45) is 5.92 Å². The van der Waals surface area contributed by atoms with E-state index < -0.39 is 0 Å². The number of carbonyl (C=O) groups is 2. The van der Waals surface area contributed by atoms with Crippen LogP contribution in [-0.4, -0.2) is 52.6 Å². The Morgan fingerprint density at radius 1 is 1.15 bits per heavy atom. The number of hydrogen-bond donors (Lipinski definition) is 0. The van der Waals surface area contributed by atoms with Gasteiger partial charge in [-0.1, -0.05) is 12.8 Å². The Labute approximate surface area is 153 Å². The summed E-state index contributed by atoms with van der Waals surface area (Å²) in [6, 6.07) is -0.108. The van der Waals surface area contributed by atoms with E-state index in [1.165, 1.54) is 12.8 Å². The zero-order chi connectivity index (χ0) is 17.9. The minimum absolute atomic E-state index is 0.0543. The highest BCUT2D eigenvalue weighted by Gasteiger charge is 2.39. The molecule has 0 radical (unpaired) electrons. The van der Waals surface area contributed by atoms with Crippen molar-refractivity contribution in [2.45, 2.75) is 69.7 Å². The Morgan fingerprint density at radius 2 is 2.00 bits per heavy atom. The Bertz CT molecular complexity index is 653. The van der Waals surface area contributed by atoms with Gasteiger partial charge in [0.05, 0.1) is 19.3 Å². The topological polar surface area (TPSA) is 85.5 Å². The molecular formula is C19H27N3O4. The third-order valence-electron chi connectivity index (χ3n) is 6.04. The number of ether oxygens (including phenoxy) is 1. The number of morpholine rings is 1. The maximum Gasteiger partial charge on any atom is 0.223 e. The fourth-order valence-electron chi connectivity index (χ4n) is 4.58. The van der Waals surface area contributed by atoms with Gasteiger partial charge < -0.3 is 14.1 Å². The van der Waals surface area contributed by atoms with Crippen molar-refractivity contribution in [3.05, 3.63) is 11.8 Å². The molecule has 0 bridgehead atoms. The Morgan fingerprint density at radius 3 is 2.77 bits per heavy atom. The van der Waals surface area contributed by atoms with Gasteiger partial charge >= 0.3 is 0 Å². The molecule has 0 unspecified atom stereocenters. The van der Waals surface area contributed by atoms with Gasteiger partial charge in [-0.25, -0.2) is 0 Å². The van der Waals surface area contributed by atoms with E-state index in [1.807, 2.05) is 4.90 Å². The molecule has 4 rings (SSSR count). The van der Waals surface area contributed by atoms with Gasteiger partial charge in [0, 0.05) is 37.6 Å². The van der Waals surface area contributed by atoms with E-state index >= 15 is 0 Å². The fourth-order valence-corrected chi connectivity index (χ4v) is 4.58. The summed E-state index contributed by atoms with van der Waals surface area (Å²) in [6.07, 6.45) is 7.90. The van der Waals surface area contributed by atoms with Crippen LogP contribution in [-0.2, 0) is 20.7 Å². The van der Waals surface area contributed by atoms with Crippen LogP contribution >= 0.6 is 0 Å². The van der Waals surface area contributed by atoms with Crippen LogP contribution in [0.3, 0.4) is 0 Å². The number of amides is 1. The van der Waals surface area contributed by atoms with Crippen LogP contribution in [0.1, 0.15) is 69.1 Å². The first kappa shape index (κ1) is 17.6. The number of Topliss-reactive ketones (excluding diaryl/α,β-unsaturated/α-hetero) is 1. The van der Waals surface area contributed by atoms with Crippen LogP contribution in [0.15, 0.2) is 4.42 Å². The van der Waals surface area contributed by atoms with Crippen molar-refractivity contribution in [2.75, 3.05) is 19.8 Å². The maximum absolute atomic E-state index is 12.8. The molecule has 7 heteroatoms. The van der Waals surface area contributed by atoms with Crippen molar-refractivity contribution in [3.63, 3.8) is 0 Å². The predicted molar refractivity (Wildman–Crippen MR) is 92.5 cm³/mol. The van der Waals surface area contributed by atoms with E-state index in [0.717, 1.165) is 31.6 Å². The second kappa shape index (κ2) is 7.86. The molecule has 3 aliphatic rings. The minimum Gasteiger partial charge on any atom is -0.425 e. The highest BCUT2D eigenvalue weighted by atomic mass is 16.5. The second-order valence-corrected chi connectivity index (χ2v) is 7.71. The Balaban J connectivity index is 1.35. The summed E-state index contributed by atoms with van der Waals surface area (Å²) in [5.74, 6) is 1.93. The molecule has 0 aromatic carbocycles. The first-order valence-electron chi connectivity index (χ1n) is 9.94. The maximum atomic E-state index is 12.8. The third-order valence-corrected chi connectivity index (χ3v) is 6.04. The summed E-state index contributed by atoms with van der Waals surface area (Å²) in [6.45, 7) is 1.56. The van der Waals surface area contributed by atoms with Crippen LogP contribution in [0.25, 0.3) is 0 Å². The fraction of sp³-hybridized carbons (Fsp3) is 0.789. The van der Waals surface area contributed by atoms with Crippen LogP contribution in [0, 0.1) is 5.92 Å². The summed E-state index contributed by atoms with van der Waals surface area (Å²) in [7, 11) is 0. The molecular weight excluding hydrogens is 334 g/mol. The Kier molecular flexibility index (Phi) is 5.33. The van der Waals surface area contributed by atoms with Crippen molar-refractivity contribution in [1.82, 2.24) is 15.1 Å². The third kappa shape index (κ3) is 3.68. The molecule has 1 aliphatic heterocycles. The SMILES string of the molecule is O=C1CCC[C@@H]1[C@@H]1COCCN1C(=O)CCc1nnc(C2CCCC2)o1. The Hall–Kier alpha value is -1.76. The van der Waals surface area contributed by atoms with Crippen LogP contribution in [0.4, 0.5) is 0 Å². The summed E-state index contributed by atoms with van der Waals surface area (Å²) in [4.78, 5) is 26.8. The van der Waals surface area contributed by atoms with E-state index in [4.69, 9.17) is 9.15 Å². The van der Waals surface area contributed by atoms with Gasteiger partial charge in [-0.15, -0.1) is 10.2 Å². The molecule has 1 aromatic rings. The van der Waals surface area contributed by atoms with Crippen molar-refractivity contribution < 1.29 is 18.7 Å². The van der Waals surface area contributed by atoms with E-state index in [9.17, 15) is 9.59 Å². The number of carbonyl (C=O) groups excluding carboxylic acids is 2. The molecule has 2 saturated carbocycles. The smallest absolute Gasteiger partial charge is 0.223 e. The van der Waals surface area contributed by atoms with Gasteiger partial charge in [-0.3, -0.25) is 9.59 Å². The number of hydrogen-bond acceptors (Lipinski definition) is 6. The van der Waals surface area contributed by atoms with E-state index in [-0.39, 0.29) is 23.7 Å². The highest BCUT2D eigenvalue weighted by molar-refractivity contribution is 5.85. The lowest BCUT2D eigenvalue weighted by molar-refractivity contribution is -0.144. The first-order chi connectivity index (χ1) is 12.7. The summed E-state index contributed by atoms with van der Waals surface area (Å²) in [5, 5.41) is 8.29. The largest absolute Gasteiger partial charge is 0.425 e.